The molecule has 0 radical (unpaired) electrons. The number of benzene rings is 1. The van der Waals surface area contributed by atoms with Crippen molar-refractivity contribution in [3.63, 3.8) is 0 Å². The summed E-state index contributed by atoms with van der Waals surface area (Å²) in [7, 11) is 1.62. The molecule has 1 fully saturated rings. The first-order valence-corrected chi connectivity index (χ1v) is 8.69. The van der Waals surface area contributed by atoms with E-state index < -0.39 is 5.97 Å². The third kappa shape index (κ3) is 3.70. The largest absolute Gasteiger partial charge is 0.497 e. The summed E-state index contributed by atoms with van der Waals surface area (Å²) in [5.41, 5.74) is 0.869. The van der Waals surface area contributed by atoms with Gasteiger partial charge in [0.1, 0.15) is 11.6 Å². The molecule has 1 saturated heterocycles. The van der Waals surface area contributed by atoms with Gasteiger partial charge in [0.2, 0.25) is 0 Å². The fraction of sp³-hybridized carbons (Fsp3) is 0.438. The zero-order valence-corrected chi connectivity index (χ0v) is 14.2. The lowest BCUT2D eigenvalue weighted by molar-refractivity contribution is -0.133. The Morgan fingerprint density at radius 3 is 2.92 bits per heavy atom. The number of nitrogens with zero attached hydrogens (tertiary/aromatic N) is 3. The van der Waals surface area contributed by atoms with Crippen LogP contribution in [-0.2, 0) is 9.53 Å². The topological polar surface area (TPSA) is 86.5 Å². The number of rotatable bonds is 6. The maximum atomic E-state index is 10.9. The third-order valence-corrected chi connectivity index (χ3v) is 4.79. The summed E-state index contributed by atoms with van der Waals surface area (Å²) in [6, 6.07) is 7.61. The van der Waals surface area contributed by atoms with E-state index in [0.717, 1.165) is 30.1 Å². The lowest BCUT2D eigenvalue weighted by Crippen LogP contribution is -2.18. The summed E-state index contributed by atoms with van der Waals surface area (Å²) >= 11 is 1.17. The highest BCUT2D eigenvalue weighted by atomic mass is 32.2. The highest BCUT2D eigenvalue weighted by Gasteiger charge is 2.25. The molecular weight excluding hydrogens is 330 g/mol. The molecule has 0 unspecified atom stereocenters. The van der Waals surface area contributed by atoms with Crippen LogP contribution in [0.25, 0.3) is 5.69 Å². The number of carboxylic acid groups (broad SMARTS) is 1. The number of aromatic nitrogens is 3. The second kappa shape index (κ2) is 7.67. The summed E-state index contributed by atoms with van der Waals surface area (Å²) in [6.45, 7) is 1.40. The molecule has 0 bridgehead atoms. The SMILES string of the molecule is COc1cccc(-n2c(SCC(=O)O)nnc2C2CCOCC2)c1. The zero-order chi connectivity index (χ0) is 16.9. The van der Waals surface area contributed by atoms with Crippen molar-refractivity contribution in [1.29, 1.82) is 0 Å². The average Bonchev–Trinajstić information content (AvgIpc) is 3.04. The lowest BCUT2D eigenvalue weighted by atomic mass is 9.99. The van der Waals surface area contributed by atoms with Crippen molar-refractivity contribution in [1.82, 2.24) is 14.8 Å². The Hall–Kier alpha value is -2.06. The minimum atomic E-state index is -0.882. The quantitative estimate of drug-likeness (QED) is 0.801. The Bertz CT molecular complexity index is 713. The highest BCUT2D eigenvalue weighted by molar-refractivity contribution is 7.99. The smallest absolute Gasteiger partial charge is 0.313 e. The molecule has 7 nitrogen and oxygen atoms in total. The van der Waals surface area contributed by atoms with Crippen molar-refractivity contribution in [2.24, 2.45) is 0 Å². The van der Waals surface area contributed by atoms with Gasteiger partial charge in [-0.3, -0.25) is 9.36 Å². The van der Waals surface area contributed by atoms with E-state index >= 15 is 0 Å². The third-order valence-electron chi connectivity index (χ3n) is 3.88. The van der Waals surface area contributed by atoms with Crippen LogP contribution in [0.5, 0.6) is 5.75 Å². The molecule has 1 aromatic carbocycles. The Kier molecular flexibility index (Phi) is 5.37. The van der Waals surface area contributed by atoms with Gasteiger partial charge in [0.25, 0.3) is 0 Å². The molecular formula is C16H19N3O4S. The summed E-state index contributed by atoms with van der Waals surface area (Å²) in [4.78, 5) is 10.9. The molecule has 24 heavy (non-hydrogen) atoms. The van der Waals surface area contributed by atoms with Gasteiger partial charge in [-0.25, -0.2) is 0 Å². The van der Waals surface area contributed by atoms with Gasteiger partial charge in [-0.15, -0.1) is 10.2 Å². The first-order chi connectivity index (χ1) is 11.7. The second-order valence-corrected chi connectivity index (χ2v) is 6.39. The van der Waals surface area contributed by atoms with Crippen LogP contribution in [-0.4, -0.2) is 51.9 Å². The summed E-state index contributed by atoms with van der Waals surface area (Å²) in [5, 5.41) is 18.1. The van der Waals surface area contributed by atoms with E-state index in [1.54, 1.807) is 7.11 Å². The van der Waals surface area contributed by atoms with Crippen LogP contribution in [0.15, 0.2) is 29.4 Å². The van der Waals surface area contributed by atoms with Crippen molar-refractivity contribution in [3.8, 4) is 11.4 Å². The van der Waals surface area contributed by atoms with E-state index in [1.807, 2.05) is 28.8 Å². The fourth-order valence-corrected chi connectivity index (χ4v) is 3.39. The van der Waals surface area contributed by atoms with Gasteiger partial charge in [-0.1, -0.05) is 17.8 Å². The first kappa shape index (κ1) is 16.8. The van der Waals surface area contributed by atoms with Crippen molar-refractivity contribution >= 4 is 17.7 Å². The van der Waals surface area contributed by atoms with Crippen molar-refractivity contribution < 1.29 is 19.4 Å². The maximum absolute atomic E-state index is 10.9. The van der Waals surface area contributed by atoms with Crippen LogP contribution in [0.1, 0.15) is 24.6 Å². The summed E-state index contributed by atoms with van der Waals surface area (Å²) in [6.07, 6.45) is 1.76. The maximum Gasteiger partial charge on any atom is 0.313 e. The predicted octanol–water partition coefficient (Wildman–Crippen LogP) is 2.35. The van der Waals surface area contributed by atoms with Gasteiger partial charge in [0.05, 0.1) is 18.6 Å². The summed E-state index contributed by atoms with van der Waals surface area (Å²) < 4.78 is 12.7. The minimum Gasteiger partial charge on any atom is -0.497 e. The Morgan fingerprint density at radius 1 is 1.42 bits per heavy atom. The highest BCUT2D eigenvalue weighted by Crippen LogP contribution is 2.32. The molecule has 0 amide bonds. The Labute approximate surface area is 144 Å². The number of thioether (sulfide) groups is 1. The number of hydrogen-bond acceptors (Lipinski definition) is 6. The molecule has 1 N–H and O–H groups in total. The normalized spacial score (nSPS) is 15.4. The molecule has 0 spiro atoms. The second-order valence-electron chi connectivity index (χ2n) is 5.45. The van der Waals surface area contributed by atoms with Gasteiger partial charge < -0.3 is 14.6 Å². The Balaban J connectivity index is 2.00. The van der Waals surface area contributed by atoms with Crippen LogP contribution in [0.4, 0.5) is 0 Å². The molecule has 0 atom stereocenters. The predicted molar refractivity (Wildman–Crippen MR) is 89.1 cm³/mol. The molecule has 2 aromatic rings. The molecule has 0 saturated carbocycles. The van der Waals surface area contributed by atoms with E-state index in [0.29, 0.717) is 18.4 Å². The number of hydrogen-bond donors (Lipinski definition) is 1. The lowest BCUT2D eigenvalue weighted by Gasteiger charge is -2.22. The number of methoxy groups -OCH3 is 1. The molecule has 128 valence electrons. The van der Waals surface area contributed by atoms with E-state index in [2.05, 4.69) is 10.2 Å². The van der Waals surface area contributed by atoms with Gasteiger partial charge in [-0.05, 0) is 25.0 Å². The molecule has 2 heterocycles. The van der Waals surface area contributed by atoms with Crippen LogP contribution in [0.3, 0.4) is 0 Å². The van der Waals surface area contributed by atoms with Crippen LogP contribution >= 0.6 is 11.8 Å². The van der Waals surface area contributed by atoms with Crippen molar-refractivity contribution in [2.45, 2.75) is 23.9 Å². The van der Waals surface area contributed by atoms with Gasteiger partial charge in [-0.2, -0.15) is 0 Å². The monoisotopic (exact) mass is 349 g/mol. The number of carboxylic acids is 1. The average molecular weight is 349 g/mol. The van der Waals surface area contributed by atoms with Crippen molar-refractivity contribution in [2.75, 3.05) is 26.1 Å². The van der Waals surface area contributed by atoms with Crippen LogP contribution in [0.2, 0.25) is 0 Å². The number of aliphatic carboxylic acids is 1. The molecule has 3 rings (SSSR count). The van der Waals surface area contributed by atoms with Crippen LogP contribution in [0, 0.1) is 0 Å². The molecule has 1 aromatic heterocycles. The standard InChI is InChI=1S/C16H19N3O4S/c1-22-13-4-2-3-12(9-13)19-15(11-5-7-23-8-6-11)17-18-16(19)24-10-14(20)21/h2-4,9,11H,5-8,10H2,1H3,(H,20,21). The van der Waals surface area contributed by atoms with E-state index in [4.69, 9.17) is 14.6 Å². The number of ether oxygens (including phenoxy) is 2. The fourth-order valence-electron chi connectivity index (χ4n) is 2.71. The Morgan fingerprint density at radius 2 is 2.21 bits per heavy atom. The van der Waals surface area contributed by atoms with E-state index in [-0.39, 0.29) is 11.7 Å². The molecule has 1 aliphatic rings. The van der Waals surface area contributed by atoms with Crippen molar-refractivity contribution in [3.05, 3.63) is 30.1 Å². The van der Waals surface area contributed by atoms with Gasteiger partial charge in [0, 0.05) is 25.2 Å². The molecule has 1 aliphatic heterocycles. The summed E-state index contributed by atoms with van der Waals surface area (Å²) in [5.74, 6) is 0.882. The van der Waals surface area contributed by atoms with E-state index in [1.165, 1.54) is 11.8 Å². The van der Waals surface area contributed by atoms with Crippen LogP contribution < -0.4 is 4.74 Å². The molecule has 0 aliphatic carbocycles. The zero-order valence-electron chi connectivity index (χ0n) is 13.3. The number of carbonyl (C=O) groups is 1. The first-order valence-electron chi connectivity index (χ1n) is 7.71. The van der Waals surface area contributed by atoms with E-state index in [9.17, 15) is 4.79 Å². The molecule has 8 heteroatoms. The minimum absolute atomic E-state index is 0.0596. The van der Waals surface area contributed by atoms with Gasteiger partial charge in [0.15, 0.2) is 5.16 Å². The van der Waals surface area contributed by atoms with Gasteiger partial charge >= 0.3 is 5.97 Å².